The molecule has 2 aromatic heterocycles. The predicted octanol–water partition coefficient (Wildman–Crippen LogP) is -1.11. The van der Waals surface area contributed by atoms with Gasteiger partial charge >= 0.3 is 5.97 Å². The molecule has 176 valence electrons. The minimum absolute atomic E-state index is 0.0174. The first-order chi connectivity index (χ1) is 15.6. The number of tetrazole rings is 1. The van der Waals surface area contributed by atoms with Crippen LogP contribution in [-0.4, -0.2) is 83.5 Å². The SMILES string of the molecule is COc1cn(N(C(C)=O)C2C(=O)N3CC(C(=O)O)(C(S)c4nnnn4C)CS[C@H]23)ccc1=O. The Morgan fingerprint density at radius 3 is 2.73 bits per heavy atom. The number of hydrogen-bond acceptors (Lipinski definition) is 10. The number of carbonyl (C=O) groups excluding carboxylic acids is 2. The third-order valence-corrected chi connectivity index (χ3v) is 8.11. The van der Waals surface area contributed by atoms with E-state index >= 15 is 0 Å². The molecular weight excluding hydrogens is 474 g/mol. The standard InChI is InChI=1S/C18H21N7O6S2/c1-9(26)25(23-5-4-10(27)11(6-23)31-3)12-15(28)24-7-18(17(29)30,8-33-16(12)24)13(32)14-19-20-21-22(14)2/h4-6,12-13,16,32H,7-8H2,1-3H3,(H,29,30)/t12?,13?,16-,18?/m1/s1. The van der Waals surface area contributed by atoms with Gasteiger partial charge in [0.1, 0.15) is 10.8 Å². The third kappa shape index (κ3) is 3.55. The average Bonchev–Trinajstić information content (AvgIpc) is 3.22. The first kappa shape index (κ1) is 23.1. The highest BCUT2D eigenvalue weighted by atomic mass is 32.2. The zero-order valence-electron chi connectivity index (χ0n) is 17.9. The van der Waals surface area contributed by atoms with Gasteiger partial charge in [0.05, 0.1) is 18.6 Å². The number of β-lactam (4-membered cyclic amide) rings is 1. The Balaban J connectivity index is 1.63. The van der Waals surface area contributed by atoms with E-state index in [1.54, 1.807) is 7.05 Å². The number of carboxylic acids is 1. The number of ether oxygens (including phenoxy) is 1. The molecule has 4 rings (SSSR count). The highest BCUT2D eigenvalue weighted by Gasteiger charge is 2.62. The molecule has 2 amide bonds. The van der Waals surface area contributed by atoms with Gasteiger partial charge in [0, 0.05) is 38.5 Å². The van der Waals surface area contributed by atoms with Crippen molar-refractivity contribution in [3.63, 3.8) is 0 Å². The Hall–Kier alpha value is -3.07. The summed E-state index contributed by atoms with van der Waals surface area (Å²) in [5.41, 5.74) is -1.80. The van der Waals surface area contributed by atoms with E-state index in [0.717, 1.165) is 0 Å². The number of aliphatic carboxylic acids is 1. The topological polar surface area (TPSA) is 153 Å². The van der Waals surface area contributed by atoms with Crippen LogP contribution in [-0.2, 0) is 21.4 Å². The molecule has 2 aliphatic rings. The van der Waals surface area contributed by atoms with Crippen LogP contribution in [0.1, 0.15) is 18.0 Å². The number of fused-ring (bicyclic) bond motifs is 1. The van der Waals surface area contributed by atoms with Crippen LogP contribution in [0.25, 0.3) is 0 Å². The number of methoxy groups -OCH3 is 1. The fraction of sp³-hybridized carbons (Fsp3) is 0.500. The number of carbonyl (C=O) groups is 3. The van der Waals surface area contributed by atoms with Gasteiger partial charge in [-0.3, -0.25) is 23.9 Å². The fourth-order valence-corrected chi connectivity index (χ4v) is 6.28. The van der Waals surface area contributed by atoms with Gasteiger partial charge in [0.25, 0.3) is 5.91 Å². The van der Waals surface area contributed by atoms with Gasteiger partial charge in [-0.2, -0.15) is 12.6 Å². The van der Waals surface area contributed by atoms with Crippen LogP contribution >= 0.6 is 24.4 Å². The molecule has 2 aliphatic heterocycles. The summed E-state index contributed by atoms with van der Waals surface area (Å²) >= 11 is 5.77. The van der Waals surface area contributed by atoms with E-state index in [9.17, 15) is 24.3 Å². The van der Waals surface area contributed by atoms with Crippen LogP contribution in [0.2, 0.25) is 0 Å². The van der Waals surface area contributed by atoms with E-state index in [0.29, 0.717) is 0 Å². The molecule has 0 aromatic carbocycles. The maximum absolute atomic E-state index is 13.2. The van der Waals surface area contributed by atoms with Crippen LogP contribution in [0.4, 0.5) is 0 Å². The van der Waals surface area contributed by atoms with Crippen molar-refractivity contribution in [3.05, 3.63) is 34.5 Å². The van der Waals surface area contributed by atoms with Crippen LogP contribution in [0, 0.1) is 5.41 Å². The van der Waals surface area contributed by atoms with Crippen LogP contribution < -0.4 is 15.2 Å². The Morgan fingerprint density at radius 1 is 1.42 bits per heavy atom. The summed E-state index contributed by atoms with van der Waals surface area (Å²) < 4.78 is 7.73. The normalized spacial score (nSPS) is 25.1. The van der Waals surface area contributed by atoms with Crippen molar-refractivity contribution in [2.75, 3.05) is 24.4 Å². The van der Waals surface area contributed by atoms with Crippen molar-refractivity contribution in [3.8, 4) is 5.75 Å². The Labute approximate surface area is 197 Å². The number of aryl methyl sites for hydroxylation is 1. The lowest BCUT2D eigenvalue weighted by atomic mass is 9.83. The molecule has 4 heterocycles. The van der Waals surface area contributed by atoms with Gasteiger partial charge in [-0.25, -0.2) is 9.69 Å². The summed E-state index contributed by atoms with van der Waals surface area (Å²) in [4.78, 5) is 51.3. The second-order valence-electron chi connectivity index (χ2n) is 7.76. The first-order valence-corrected chi connectivity index (χ1v) is 11.3. The van der Waals surface area contributed by atoms with Gasteiger partial charge in [0.15, 0.2) is 17.6 Å². The molecule has 4 atom stereocenters. The fourth-order valence-electron chi connectivity index (χ4n) is 4.03. The van der Waals surface area contributed by atoms with Crippen molar-refractivity contribution < 1.29 is 24.2 Å². The Bertz CT molecular complexity index is 1190. The molecule has 13 nitrogen and oxygen atoms in total. The Kier molecular flexibility index (Phi) is 5.86. The minimum Gasteiger partial charge on any atom is -0.491 e. The number of rotatable bonds is 6. The van der Waals surface area contributed by atoms with E-state index in [-0.39, 0.29) is 29.3 Å². The van der Waals surface area contributed by atoms with E-state index < -0.39 is 39.9 Å². The molecule has 0 spiro atoms. The number of nitrogens with zero attached hydrogens (tertiary/aromatic N) is 7. The number of carboxylic acid groups (broad SMARTS) is 1. The third-order valence-electron chi connectivity index (χ3n) is 5.85. The molecule has 33 heavy (non-hydrogen) atoms. The van der Waals surface area contributed by atoms with E-state index in [2.05, 4.69) is 28.2 Å². The van der Waals surface area contributed by atoms with Crippen LogP contribution in [0.3, 0.4) is 0 Å². The summed E-state index contributed by atoms with van der Waals surface area (Å²) in [6.07, 6.45) is 2.71. The molecule has 1 N–H and O–H groups in total. The monoisotopic (exact) mass is 495 g/mol. The molecule has 0 aliphatic carbocycles. The number of aromatic nitrogens is 5. The van der Waals surface area contributed by atoms with Crippen LogP contribution in [0.5, 0.6) is 5.75 Å². The van der Waals surface area contributed by atoms with Crippen molar-refractivity contribution in [2.24, 2.45) is 12.5 Å². The Morgan fingerprint density at radius 2 is 2.15 bits per heavy atom. The predicted molar refractivity (Wildman–Crippen MR) is 118 cm³/mol. The molecule has 2 aromatic rings. The first-order valence-electron chi connectivity index (χ1n) is 9.74. The van der Waals surface area contributed by atoms with E-state index in [1.807, 2.05) is 0 Å². The average molecular weight is 496 g/mol. The number of pyridine rings is 1. The molecule has 3 unspecified atom stereocenters. The minimum atomic E-state index is -1.44. The number of amides is 2. The molecule has 2 saturated heterocycles. The quantitative estimate of drug-likeness (QED) is 0.373. The molecule has 0 bridgehead atoms. The van der Waals surface area contributed by atoms with Gasteiger partial charge in [-0.15, -0.1) is 16.9 Å². The van der Waals surface area contributed by atoms with E-state index in [1.165, 1.54) is 63.5 Å². The van der Waals surface area contributed by atoms with Gasteiger partial charge in [0.2, 0.25) is 11.3 Å². The second-order valence-corrected chi connectivity index (χ2v) is 9.38. The van der Waals surface area contributed by atoms with Crippen molar-refractivity contribution >= 4 is 42.2 Å². The zero-order valence-corrected chi connectivity index (χ0v) is 19.6. The van der Waals surface area contributed by atoms with Crippen molar-refractivity contribution in [2.45, 2.75) is 23.6 Å². The molecule has 0 saturated carbocycles. The van der Waals surface area contributed by atoms with Crippen molar-refractivity contribution in [1.82, 2.24) is 29.8 Å². The van der Waals surface area contributed by atoms with Gasteiger partial charge in [-0.1, -0.05) is 0 Å². The highest BCUT2D eigenvalue weighted by Crippen LogP contribution is 2.50. The summed E-state index contributed by atoms with van der Waals surface area (Å²) in [5, 5.41) is 21.2. The molecular formula is C18H21N7O6S2. The summed E-state index contributed by atoms with van der Waals surface area (Å²) in [7, 11) is 2.92. The highest BCUT2D eigenvalue weighted by molar-refractivity contribution is 8.00. The molecule has 15 heteroatoms. The zero-order chi connectivity index (χ0) is 24.1. The lowest BCUT2D eigenvalue weighted by Crippen LogP contribution is -2.76. The lowest BCUT2D eigenvalue weighted by Gasteiger charge is -2.56. The maximum atomic E-state index is 13.2. The van der Waals surface area contributed by atoms with Crippen LogP contribution in [0.15, 0.2) is 23.3 Å². The maximum Gasteiger partial charge on any atom is 0.313 e. The largest absolute Gasteiger partial charge is 0.491 e. The summed E-state index contributed by atoms with van der Waals surface area (Å²) in [6.45, 7) is 1.19. The second kappa shape index (κ2) is 8.37. The number of thioether (sulfide) groups is 1. The lowest BCUT2D eigenvalue weighted by molar-refractivity contribution is -0.158. The molecule has 0 radical (unpaired) electrons. The summed E-state index contributed by atoms with van der Waals surface area (Å²) in [6, 6.07) is 0.362. The van der Waals surface area contributed by atoms with E-state index in [4.69, 9.17) is 4.74 Å². The van der Waals surface area contributed by atoms with Gasteiger partial charge in [-0.05, 0) is 10.4 Å². The smallest absolute Gasteiger partial charge is 0.313 e. The number of thiol groups is 1. The van der Waals surface area contributed by atoms with Crippen molar-refractivity contribution in [1.29, 1.82) is 0 Å². The number of hydrogen-bond donors (Lipinski definition) is 2. The molecule has 2 fully saturated rings. The van der Waals surface area contributed by atoms with Gasteiger partial charge < -0.3 is 14.7 Å². The summed E-state index contributed by atoms with van der Waals surface area (Å²) in [5.74, 6) is -1.55.